The molecule has 1 aliphatic heterocycles. The summed E-state index contributed by atoms with van der Waals surface area (Å²) in [5.41, 5.74) is 4.70. The molecule has 0 saturated carbocycles. The van der Waals surface area contributed by atoms with Gasteiger partial charge >= 0.3 is 0 Å². The van der Waals surface area contributed by atoms with Crippen LogP contribution in [0.1, 0.15) is 6.92 Å². The van der Waals surface area contributed by atoms with Gasteiger partial charge in [0.2, 0.25) is 5.91 Å². The van der Waals surface area contributed by atoms with Gasteiger partial charge in [0.25, 0.3) is 0 Å². The van der Waals surface area contributed by atoms with Gasteiger partial charge in [-0.05, 0) is 13.0 Å². The highest BCUT2D eigenvalue weighted by molar-refractivity contribution is 5.77. The van der Waals surface area contributed by atoms with Crippen LogP contribution >= 0.6 is 0 Å². The van der Waals surface area contributed by atoms with E-state index in [2.05, 4.69) is 5.10 Å². The third-order valence-corrected chi connectivity index (χ3v) is 2.37. The van der Waals surface area contributed by atoms with Crippen molar-refractivity contribution in [3.05, 3.63) is 12.3 Å². The number of hydrogen-bond acceptors (Lipinski definition) is 4. The quantitative estimate of drug-likeness (QED) is 0.659. The number of rotatable bonds is 2. The first-order valence-corrected chi connectivity index (χ1v) is 4.75. The highest BCUT2D eigenvalue weighted by Gasteiger charge is 2.39. The maximum absolute atomic E-state index is 11.6. The lowest BCUT2D eigenvalue weighted by atomic mass is 9.97. The average Bonchev–Trinajstić information content (AvgIpc) is 2.46. The molecule has 2 heterocycles. The van der Waals surface area contributed by atoms with Crippen molar-refractivity contribution in [2.75, 3.05) is 18.8 Å². The predicted octanol–water partition coefficient (Wildman–Crippen LogP) is -0.942. The first kappa shape index (κ1) is 9.97. The van der Waals surface area contributed by atoms with E-state index in [0.29, 0.717) is 18.9 Å². The Kier molecular flexibility index (Phi) is 2.15. The molecule has 82 valence electrons. The van der Waals surface area contributed by atoms with Crippen LogP contribution in [0, 0.1) is 0 Å². The Bertz CT molecular complexity index is 377. The molecule has 1 aliphatic rings. The van der Waals surface area contributed by atoms with E-state index in [1.165, 1.54) is 4.68 Å². The molecule has 0 bridgehead atoms. The van der Waals surface area contributed by atoms with E-state index >= 15 is 0 Å². The van der Waals surface area contributed by atoms with E-state index in [-0.39, 0.29) is 12.5 Å². The van der Waals surface area contributed by atoms with Crippen molar-refractivity contribution in [1.82, 2.24) is 14.7 Å². The number of hydrogen-bond donors (Lipinski definition) is 2. The fourth-order valence-electron chi connectivity index (χ4n) is 1.66. The van der Waals surface area contributed by atoms with E-state index in [1.807, 2.05) is 0 Å². The lowest BCUT2D eigenvalue weighted by Crippen LogP contribution is -2.62. The number of anilines is 1. The summed E-state index contributed by atoms with van der Waals surface area (Å²) >= 11 is 0. The molecule has 0 atom stereocenters. The van der Waals surface area contributed by atoms with Gasteiger partial charge in [-0.25, -0.2) is 0 Å². The van der Waals surface area contributed by atoms with Gasteiger partial charge in [0.15, 0.2) is 0 Å². The molecule has 0 spiro atoms. The highest BCUT2D eigenvalue weighted by Crippen LogP contribution is 2.19. The maximum atomic E-state index is 11.6. The molecule has 0 aliphatic carbocycles. The molecule has 15 heavy (non-hydrogen) atoms. The Hall–Kier alpha value is -1.56. The van der Waals surface area contributed by atoms with Crippen LogP contribution in [0.5, 0.6) is 0 Å². The average molecular weight is 210 g/mol. The number of carbonyl (C=O) groups excluding carboxylic acids is 1. The summed E-state index contributed by atoms with van der Waals surface area (Å²) in [7, 11) is 0. The standard InChI is InChI=1S/C9H14N4O2/c1-9(15)5-12(6-9)8(14)4-13-3-2-7(10)11-13/h2-3,15H,4-6H2,1H3,(H2,10,11). The number of nitrogens with two attached hydrogens (primary N) is 1. The zero-order chi connectivity index (χ0) is 11.1. The van der Waals surface area contributed by atoms with Gasteiger partial charge in [-0.1, -0.05) is 0 Å². The number of carbonyl (C=O) groups is 1. The van der Waals surface area contributed by atoms with Crippen LogP contribution < -0.4 is 5.73 Å². The molecule has 6 heteroatoms. The van der Waals surface area contributed by atoms with Crippen molar-refractivity contribution < 1.29 is 9.90 Å². The van der Waals surface area contributed by atoms with Crippen LogP contribution in [0.3, 0.4) is 0 Å². The fraction of sp³-hybridized carbons (Fsp3) is 0.556. The van der Waals surface area contributed by atoms with Crippen LogP contribution in [0.2, 0.25) is 0 Å². The molecule has 1 saturated heterocycles. The van der Waals surface area contributed by atoms with Crippen LogP contribution in [0.4, 0.5) is 5.82 Å². The van der Waals surface area contributed by atoms with Crippen LogP contribution in [-0.2, 0) is 11.3 Å². The largest absolute Gasteiger partial charge is 0.386 e. The molecule has 1 aromatic heterocycles. The van der Waals surface area contributed by atoms with E-state index < -0.39 is 5.60 Å². The van der Waals surface area contributed by atoms with Crippen molar-refractivity contribution >= 4 is 11.7 Å². The lowest BCUT2D eigenvalue weighted by Gasteiger charge is -2.44. The van der Waals surface area contributed by atoms with E-state index in [0.717, 1.165) is 0 Å². The second-order valence-corrected chi connectivity index (χ2v) is 4.18. The fourth-order valence-corrected chi connectivity index (χ4v) is 1.66. The summed E-state index contributed by atoms with van der Waals surface area (Å²) in [6.07, 6.45) is 1.66. The molecule has 0 unspecified atom stereocenters. The number of nitrogen functional groups attached to an aromatic ring is 1. The second-order valence-electron chi connectivity index (χ2n) is 4.18. The van der Waals surface area contributed by atoms with Gasteiger partial charge in [0.1, 0.15) is 12.4 Å². The van der Waals surface area contributed by atoms with E-state index in [9.17, 15) is 9.90 Å². The summed E-state index contributed by atoms with van der Waals surface area (Å²) < 4.78 is 1.49. The summed E-state index contributed by atoms with van der Waals surface area (Å²) in [6, 6.07) is 1.64. The monoisotopic (exact) mass is 210 g/mol. The summed E-state index contributed by atoms with van der Waals surface area (Å²) in [5.74, 6) is 0.350. The molecule has 1 aromatic rings. The molecule has 2 rings (SSSR count). The Morgan fingerprint density at radius 1 is 1.73 bits per heavy atom. The summed E-state index contributed by atoms with van der Waals surface area (Å²) in [4.78, 5) is 13.2. The third-order valence-electron chi connectivity index (χ3n) is 2.37. The molecular weight excluding hydrogens is 196 g/mol. The number of amides is 1. The SMILES string of the molecule is CC1(O)CN(C(=O)Cn2ccc(N)n2)C1. The van der Waals surface area contributed by atoms with Crippen molar-refractivity contribution in [2.24, 2.45) is 0 Å². The topological polar surface area (TPSA) is 84.4 Å². The normalized spacial score (nSPS) is 18.7. The number of aromatic nitrogens is 2. The van der Waals surface area contributed by atoms with Gasteiger partial charge in [0, 0.05) is 6.20 Å². The van der Waals surface area contributed by atoms with Crippen molar-refractivity contribution in [2.45, 2.75) is 19.1 Å². The van der Waals surface area contributed by atoms with Crippen LogP contribution in [0.15, 0.2) is 12.3 Å². The minimum Gasteiger partial charge on any atom is -0.386 e. The summed E-state index contributed by atoms with van der Waals surface area (Å²) in [6.45, 7) is 2.67. The minimum atomic E-state index is -0.723. The van der Waals surface area contributed by atoms with Gasteiger partial charge in [-0.2, -0.15) is 5.10 Å². The van der Waals surface area contributed by atoms with Crippen molar-refractivity contribution in [3.8, 4) is 0 Å². The Morgan fingerprint density at radius 2 is 2.40 bits per heavy atom. The van der Waals surface area contributed by atoms with Gasteiger partial charge in [0.05, 0.1) is 18.7 Å². The molecule has 6 nitrogen and oxygen atoms in total. The van der Waals surface area contributed by atoms with Crippen LogP contribution in [0.25, 0.3) is 0 Å². The lowest BCUT2D eigenvalue weighted by molar-refractivity contribution is -0.153. The van der Waals surface area contributed by atoms with E-state index in [4.69, 9.17) is 5.73 Å². The summed E-state index contributed by atoms with van der Waals surface area (Å²) in [5, 5.41) is 13.4. The third kappa shape index (κ3) is 2.10. The molecule has 0 aromatic carbocycles. The Labute approximate surface area is 87.3 Å². The number of aliphatic hydroxyl groups is 1. The predicted molar refractivity (Wildman–Crippen MR) is 53.8 cm³/mol. The van der Waals surface area contributed by atoms with Gasteiger partial charge in [-0.3, -0.25) is 9.48 Å². The Morgan fingerprint density at radius 3 is 2.87 bits per heavy atom. The van der Waals surface area contributed by atoms with Gasteiger partial charge in [-0.15, -0.1) is 0 Å². The molecule has 0 radical (unpaired) electrons. The molecule has 3 N–H and O–H groups in total. The first-order valence-electron chi connectivity index (χ1n) is 4.75. The Balaban J connectivity index is 1.89. The molecule has 1 amide bonds. The number of β-amino-alcohol motifs (C(OH)–C–C–N with tert-alkyl or cyclic N) is 1. The smallest absolute Gasteiger partial charge is 0.244 e. The minimum absolute atomic E-state index is 0.0513. The van der Waals surface area contributed by atoms with Gasteiger partial charge < -0.3 is 15.7 Å². The molecular formula is C9H14N4O2. The second kappa shape index (κ2) is 3.23. The maximum Gasteiger partial charge on any atom is 0.244 e. The molecule has 1 fully saturated rings. The number of nitrogens with zero attached hydrogens (tertiary/aromatic N) is 3. The highest BCUT2D eigenvalue weighted by atomic mass is 16.3. The van der Waals surface area contributed by atoms with Crippen LogP contribution in [-0.4, -0.2) is 44.4 Å². The first-order chi connectivity index (χ1) is 6.96. The zero-order valence-electron chi connectivity index (χ0n) is 8.55. The van der Waals surface area contributed by atoms with Crippen molar-refractivity contribution in [1.29, 1.82) is 0 Å². The zero-order valence-corrected chi connectivity index (χ0v) is 8.55. The van der Waals surface area contributed by atoms with E-state index in [1.54, 1.807) is 24.1 Å². The van der Waals surface area contributed by atoms with Crippen molar-refractivity contribution in [3.63, 3.8) is 0 Å². The number of likely N-dealkylation sites (tertiary alicyclic amines) is 1.